The predicted molar refractivity (Wildman–Crippen MR) is 74.0 cm³/mol. The Morgan fingerprint density at radius 3 is 2.89 bits per heavy atom. The van der Waals surface area contributed by atoms with Crippen molar-refractivity contribution >= 4 is 17.5 Å². The molecule has 0 saturated carbocycles. The van der Waals surface area contributed by atoms with Gasteiger partial charge in [-0.15, -0.1) is 0 Å². The molecule has 0 radical (unpaired) electrons. The van der Waals surface area contributed by atoms with E-state index in [1.807, 2.05) is 0 Å². The van der Waals surface area contributed by atoms with E-state index in [4.69, 9.17) is 11.6 Å². The number of pyridine rings is 1. The maximum Gasteiger partial charge on any atom is 0.252 e. The average Bonchev–Trinajstić information content (AvgIpc) is 2.34. The Morgan fingerprint density at radius 2 is 2.28 bits per heavy atom. The molecule has 1 aromatic heterocycles. The number of halogens is 1. The minimum Gasteiger partial charge on any atom is -0.352 e. The molecule has 0 atom stereocenters. The van der Waals surface area contributed by atoms with Crippen LogP contribution in [0.2, 0.25) is 5.02 Å². The fourth-order valence-corrected chi connectivity index (χ4v) is 1.65. The van der Waals surface area contributed by atoms with Crippen LogP contribution in [0.5, 0.6) is 0 Å². The van der Waals surface area contributed by atoms with E-state index in [2.05, 4.69) is 36.1 Å². The number of carbonyl (C=O) groups is 1. The van der Waals surface area contributed by atoms with E-state index >= 15 is 0 Å². The minimum atomic E-state index is -0.144. The van der Waals surface area contributed by atoms with Gasteiger partial charge in [0.1, 0.15) is 0 Å². The molecular weight excluding hydrogens is 250 g/mol. The van der Waals surface area contributed by atoms with Crippen LogP contribution < -0.4 is 5.32 Å². The molecule has 0 aliphatic carbocycles. The molecule has 1 rings (SSSR count). The highest BCUT2D eigenvalue weighted by atomic mass is 35.5. The first-order valence-corrected chi connectivity index (χ1v) is 6.48. The first-order chi connectivity index (χ1) is 8.52. The van der Waals surface area contributed by atoms with Gasteiger partial charge in [-0.2, -0.15) is 0 Å². The van der Waals surface area contributed by atoms with Crippen molar-refractivity contribution in [1.29, 1.82) is 0 Å². The number of aromatic nitrogens is 1. The van der Waals surface area contributed by atoms with Crippen LogP contribution in [-0.4, -0.2) is 42.0 Å². The van der Waals surface area contributed by atoms with E-state index in [0.29, 0.717) is 23.2 Å². The number of hydrogen-bond acceptors (Lipinski definition) is 3. The zero-order chi connectivity index (χ0) is 13.5. The van der Waals surface area contributed by atoms with Gasteiger partial charge in [0, 0.05) is 25.0 Å². The van der Waals surface area contributed by atoms with Crippen LogP contribution in [0.15, 0.2) is 18.5 Å². The lowest BCUT2D eigenvalue weighted by Gasteiger charge is -2.20. The molecule has 0 bridgehead atoms. The van der Waals surface area contributed by atoms with Crippen LogP contribution in [0.25, 0.3) is 0 Å². The molecule has 18 heavy (non-hydrogen) atoms. The third kappa shape index (κ3) is 4.63. The van der Waals surface area contributed by atoms with E-state index in [9.17, 15) is 4.79 Å². The third-order valence-electron chi connectivity index (χ3n) is 2.87. The van der Waals surface area contributed by atoms with E-state index in [0.717, 1.165) is 13.0 Å². The fourth-order valence-electron chi connectivity index (χ4n) is 1.44. The molecule has 0 aromatic carbocycles. The summed E-state index contributed by atoms with van der Waals surface area (Å²) in [6.07, 6.45) is 3.96. The number of amides is 1. The summed E-state index contributed by atoms with van der Waals surface area (Å²) in [5.41, 5.74) is 0.476. The Bertz CT molecular complexity index is 396. The fraction of sp³-hybridized carbons (Fsp3) is 0.538. The molecule has 0 aliphatic heterocycles. The molecule has 0 saturated heterocycles. The van der Waals surface area contributed by atoms with Crippen LogP contribution >= 0.6 is 11.6 Å². The van der Waals surface area contributed by atoms with Gasteiger partial charge in [0.25, 0.3) is 5.91 Å². The van der Waals surface area contributed by atoms with Gasteiger partial charge >= 0.3 is 0 Å². The van der Waals surface area contributed by atoms with Crippen LogP contribution in [0.4, 0.5) is 0 Å². The maximum absolute atomic E-state index is 11.8. The van der Waals surface area contributed by atoms with Gasteiger partial charge in [0.15, 0.2) is 0 Å². The smallest absolute Gasteiger partial charge is 0.252 e. The molecule has 1 N–H and O–H groups in total. The van der Waals surface area contributed by atoms with Gasteiger partial charge < -0.3 is 10.2 Å². The second kappa shape index (κ2) is 7.34. The molecule has 0 aliphatic rings. The van der Waals surface area contributed by atoms with Crippen LogP contribution in [0, 0.1) is 0 Å². The topological polar surface area (TPSA) is 45.2 Å². The highest BCUT2D eigenvalue weighted by Gasteiger charge is 2.09. The van der Waals surface area contributed by atoms with Gasteiger partial charge in [0.05, 0.1) is 10.6 Å². The van der Waals surface area contributed by atoms with Crippen molar-refractivity contribution in [3.8, 4) is 0 Å². The molecule has 1 amide bonds. The Kier molecular flexibility index (Phi) is 6.09. The highest BCUT2D eigenvalue weighted by molar-refractivity contribution is 6.33. The molecular formula is C13H20ClN3O. The zero-order valence-electron chi connectivity index (χ0n) is 11.1. The normalized spacial score (nSPS) is 11.0. The van der Waals surface area contributed by atoms with Crippen molar-refractivity contribution in [3.05, 3.63) is 29.0 Å². The van der Waals surface area contributed by atoms with Crippen LogP contribution in [-0.2, 0) is 0 Å². The molecule has 100 valence electrons. The van der Waals surface area contributed by atoms with E-state index < -0.39 is 0 Å². The quantitative estimate of drug-likeness (QED) is 0.806. The molecule has 0 spiro atoms. The van der Waals surface area contributed by atoms with E-state index in [1.165, 1.54) is 6.20 Å². The number of carbonyl (C=O) groups excluding carboxylic acids is 1. The predicted octanol–water partition coefficient (Wildman–Crippen LogP) is 2.20. The maximum atomic E-state index is 11.8. The van der Waals surface area contributed by atoms with Crippen molar-refractivity contribution in [3.63, 3.8) is 0 Å². The van der Waals surface area contributed by atoms with Crippen molar-refractivity contribution in [2.24, 2.45) is 0 Å². The van der Waals surface area contributed by atoms with Gasteiger partial charge in [-0.25, -0.2) is 0 Å². The Hall–Kier alpha value is -1.13. The number of nitrogens with zero attached hydrogens (tertiary/aromatic N) is 2. The summed E-state index contributed by atoms with van der Waals surface area (Å²) in [6.45, 7) is 5.90. The average molecular weight is 270 g/mol. The van der Waals surface area contributed by atoms with Crippen molar-refractivity contribution in [2.45, 2.75) is 26.3 Å². The standard InChI is InChI=1S/C13H20ClN3O/c1-10(2)17(3)8-4-6-16-13(18)11-5-7-15-9-12(11)14/h5,7,9-10H,4,6,8H2,1-3H3,(H,16,18). The number of nitrogens with one attached hydrogen (secondary N) is 1. The van der Waals surface area contributed by atoms with Gasteiger partial charge in [-0.1, -0.05) is 11.6 Å². The summed E-state index contributed by atoms with van der Waals surface area (Å²) in [7, 11) is 2.08. The number of hydrogen-bond donors (Lipinski definition) is 1. The van der Waals surface area contributed by atoms with Gasteiger partial charge in [-0.05, 0) is 39.9 Å². The molecule has 0 fully saturated rings. The second-order valence-corrected chi connectivity index (χ2v) is 4.95. The van der Waals surface area contributed by atoms with Crippen molar-refractivity contribution in [1.82, 2.24) is 15.2 Å². The summed E-state index contributed by atoms with van der Waals surface area (Å²) < 4.78 is 0. The summed E-state index contributed by atoms with van der Waals surface area (Å²) in [5.74, 6) is -0.144. The molecule has 5 heteroatoms. The molecule has 0 unspecified atom stereocenters. The number of rotatable bonds is 6. The zero-order valence-corrected chi connectivity index (χ0v) is 11.9. The first kappa shape index (κ1) is 14.9. The Labute approximate surface area is 113 Å². The van der Waals surface area contributed by atoms with E-state index in [-0.39, 0.29) is 5.91 Å². The summed E-state index contributed by atoms with van der Waals surface area (Å²) in [6, 6.07) is 2.15. The summed E-state index contributed by atoms with van der Waals surface area (Å²) in [4.78, 5) is 17.9. The second-order valence-electron chi connectivity index (χ2n) is 4.54. The van der Waals surface area contributed by atoms with Crippen LogP contribution in [0.3, 0.4) is 0 Å². The minimum absolute atomic E-state index is 0.144. The van der Waals surface area contributed by atoms with Gasteiger partial charge in [0.2, 0.25) is 0 Å². The lowest BCUT2D eigenvalue weighted by Crippen LogP contribution is -2.31. The largest absolute Gasteiger partial charge is 0.352 e. The molecule has 4 nitrogen and oxygen atoms in total. The lowest BCUT2D eigenvalue weighted by atomic mass is 10.2. The molecule has 1 heterocycles. The lowest BCUT2D eigenvalue weighted by molar-refractivity contribution is 0.0951. The SMILES string of the molecule is CC(C)N(C)CCCNC(=O)c1ccncc1Cl. The molecule has 1 aromatic rings. The summed E-state index contributed by atoms with van der Waals surface area (Å²) in [5, 5.41) is 3.24. The van der Waals surface area contributed by atoms with Gasteiger partial charge in [-0.3, -0.25) is 9.78 Å². The Morgan fingerprint density at radius 1 is 1.56 bits per heavy atom. The van der Waals surface area contributed by atoms with Crippen molar-refractivity contribution in [2.75, 3.05) is 20.1 Å². The van der Waals surface area contributed by atoms with Crippen LogP contribution in [0.1, 0.15) is 30.6 Å². The summed E-state index contributed by atoms with van der Waals surface area (Å²) >= 11 is 5.89. The first-order valence-electron chi connectivity index (χ1n) is 6.10. The highest BCUT2D eigenvalue weighted by Crippen LogP contribution is 2.12. The van der Waals surface area contributed by atoms with Crippen molar-refractivity contribution < 1.29 is 4.79 Å². The third-order valence-corrected chi connectivity index (χ3v) is 3.17. The van der Waals surface area contributed by atoms with E-state index in [1.54, 1.807) is 12.3 Å². The monoisotopic (exact) mass is 269 g/mol. The Balaban J connectivity index is 2.32.